The van der Waals surface area contributed by atoms with E-state index in [1.54, 1.807) is 19.9 Å². The predicted molar refractivity (Wildman–Crippen MR) is 112 cm³/mol. The molecule has 0 saturated carbocycles. The van der Waals surface area contributed by atoms with Gasteiger partial charge in [-0.25, -0.2) is 9.59 Å². The molecule has 0 saturated heterocycles. The fourth-order valence-corrected chi connectivity index (χ4v) is 3.44. The second-order valence-electron chi connectivity index (χ2n) is 7.80. The number of aryl methyl sites for hydroxylation is 2. The van der Waals surface area contributed by atoms with Crippen LogP contribution in [0.5, 0.6) is 0 Å². The summed E-state index contributed by atoms with van der Waals surface area (Å²) in [6.07, 6.45) is 2.41. The summed E-state index contributed by atoms with van der Waals surface area (Å²) in [5.74, 6) is -1.14. The van der Waals surface area contributed by atoms with Crippen LogP contribution in [-0.2, 0) is 33.7 Å². The Morgan fingerprint density at radius 1 is 0.967 bits per heavy atom. The Kier molecular flexibility index (Phi) is 7.22. The second kappa shape index (κ2) is 10.1. The van der Waals surface area contributed by atoms with E-state index in [0.717, 1.165) is 24.8 Å². The standard InChI is InChI=1S/C24H27NO5/c1-16(2)22(25-24(28)30-14-17-7-4-3-5-8-17)23(27)29-15-21(26)20-12-11-18-9-6-10-19(18)13-20/h3-5,7-8,11-13,16,22H,6,9-10,14-15H2,1-2H3,(H,25,28)/t22-/m0/s1. The number of carbonyl (C=O) groups is 3. The van der Waals surface area contributed by atoms with Crippen LogP contribution in [0, 0.1) is 5.92 Å². The van der Waals surface area contributed by atoms with Gasteiger partial charge in [0.05, 0.1) is 0 Å². The van der Waals surface area contributed by atoms with Gasteiger partial charge in [-0.1, -0.05) is 56.3 Å². The first-order chi connectivity index (χ1) is 14.4. The third kappa shape index (κ3) is 5.69. The first-order valence-electron chi connectivity index (χ1n) is 10.2. The zero-order valence-electron chi connectivity index (χ0n) is 17.4. The van der Waals surface area contributed by atoms with E-state index in [1.165, 1.54) is 11.1 Å². The minimum atomic E-state index is -0.902. The fraction of sp³-hybridized carbons (Fsp3) is 0.375. The number of ether oxygens (including phenoxy) is 2. The Labute approximate surface area is 176 Å². The molecular weight excluding hydrogens is 382 g/mol. The van der Waals surface area contributed by atoms with Crippen molar-refractivity contribution in [3.63, 3.8) is 0 Å². The molecule has 0 bridgehead atoms. The van der Waals surface area contributed by atoms with Crippen LogP contribution in [0.2, 0.25) is 0 Å². The molecule has 1 aliphatic carbocycles. The zero-order chi connectivity index (χ0) is 21.5. The number of fused-ring (bicyclic) bond motifs is 1. The number of nitrogens with one attached hydrogen (secondary N) is 1. The van der Waals surface area contributed by atoms with Gasteiger partial charge in [0.15, 0.2) is 12.4 Å². The highest BCUT2D eigenvalue weighted by Gasteiger charge is 2.27. The third-order valence-corrected chi connectivity index (χ3v) is 5.17. The van der Waals surface area contributed by atoms with Crippen LogP contribution >= 0.6 is 0 Å². The van der Waals surface area contributed by atoms with Crippen molar-refractivity contribution in [1.82, 2.24) is 5.32 Å². The first-order valence-corrected chi connectivity index (χ1v) is 10.2. The molecule has 0 spiro atoms. The topological polar surface area (TPSA) is 81.7 Å². The van der Waals surface area contributed by atoms with Crippen molar-refractivity contribution in [2.75, 3.05) is 6.61 Å². The van der Waals surface area contributed by atoms with E-state index in [4.69, 9.17) is 9.47 Å². The molecule has 0 aromatic heterocycles. The normalized spacial score (nSPS) is 13.4. The van der Waals surface area contributed by atoms with Gasteiger partial charge in [0, 0.05) is 5.56 Å². The highest BCUT2D eigenvalue weighted by molar-refractivity contribution is 5.98. The van der Waals surface area contributed by atoms with E-state index in [1.807, 2.05) is 42.5 Å². The van der Waals surface area contributed by atoms with E-state index < -0.39 is 18.1 Å². The minimum absolute atomic E-state index is 0.101. The van der Waals surface area contributed by atoms with Crippen LogP contribution in [0.25, 0.3) is 0 Å². The molecule has 0 fully saturated rings. The van der Waals surface area contributed by atoms with Gasteiger partial charge in [-0.05, 0) is 47.9 Å². The van der Waals surface area contributed by atoms with Crippen molar-refractivity contribution in [2.24, 2.45) is 5.92 Å². The Morgan fingerprint density at radius 3 is 2.43 bits per heavy atom. The minimum Gasteiger partial charge on any atom is -0.456 e. The van der Waals surface area contributed by atoms with E-state index in [0.29, 0.717) is 5.56 Å². The molecule has 6 nitrogen and oxygen atoms in total. The third-order valence-electron chi connectivity index (χ3n) is 5.17. The van der Waals surface area contributed by atoms with Gasteiger partial charge in [-0.3, -0.25) is 4.79 Å². The maximum absolute atomic E-state index is 12.5. The quantitative estimate of drug-likeness (QED) is 0.529. The van der Waals surface area contributed by atoms with Gasteiger partial charge in [0.25, 0.3) is 0 Å². The van der Waals surface area contributed by atoms with Gasteiger partial charge >= 0.3 is 12.1 Å². The number of carbonyl (C=O) groups excluding carboxylic acids is 3. The molecule has 30 heavy (non-hydrogen) atoms. The van der Waals surface area contributed by atoms with Crippen LogP contribution in [0.1, 0.15) is 47.3 Å². The largest absolute Gasteiger partial charge is 0.456 e. The maximum atomic E-state index is 12.5. The average Bonchev–Trinajstić information content (AvgIpc) is 3.22. The van der Waals surface area contributed by atoms with Crippen molar-refractivity contribution in [3.05, 3.63) is 70.8 Å². The van der Waals surface area contributed by atoms with Crippen molar-refractivity contribution < 1.29 is 23.9 Å². The summed E-state index contributed by atoms with van der Waals surface area (Å²) in [4.78, 5) is 37.0. The van der Waals surface area contributed by atoms with E-state index in [-0.39, 0.29) is 24.9 Å². The molecule has 158 valence electrons. The molecule has 0 heterocycles. The SMILES string of the molecule is CC(C)[C@H](NC(=O)OCc1ccccc1)C(=O)OCC(=O)c1ccc2c(c1)CCC2. The van der Waals surface area contributed by atoms with Crippen molar-refractivity contribution >= 4 is 17.8 Å². The molecule has 2 aromatic carbocycles. The number of amides is 1. The molecule has 0 radical (unpaired) electrons. The number of hydrogen-bond acceptors (Lipinski definition) is 5. The van der Waals surface area contributed by atoms with E-state index in [9.17, 15) is 14.4 Å². The second-order valence-corrected chi connectivity index (χ2v) is 7.80. The van der Waals surface area contributed by atoms with Crippen LogP contribution in [0.3, 0.4) is 0 Å². The Balaban J connectivity index is 1.51. The summed E-state index contributed by atoms with van der Waals surface area (Å²) in [5, 5.41) is 2.54. The zero-order valence-corrected chi connectivity index (χ0v) is 17.4. The van der Waals surface area contributed by atoms with Gasteiger partial charge in [-0.15, -0.1) is 0 Å². The van der Waals surface area contributed by atoms with E-state index in [2.05, 4.69) is 5.32 Å². The Bertz CT molecular complexity index is 907. The van der Waals surface area contributed by atoms with Crippen LogP contribution in [0.15, 0.2) is 48.5 Å². The number of benzene rings is 2. The highest BCUT2D eigenvalue weighted by atomic mass is 16.6. The Morgan fingerprint density at radius 2 is 1.70 bits per heavy atom. The fourth-order valence-electron chi connectivity index (χ4n) is 3.44. The van der Waals surface area contributed by atoms with Crippen molar-refractivity contribution in [1.29, 1.82) is 0 Å². The number of alkyl carbamates (subject to hydrolysis) is 1. The molecule has 1 aliphatic rings. The summed E-state index contributed by atoms with van der Waals surface area (Å²) < 4.78 is 10.4. The number of hydrogen-bond donors (Lipinski definition) is 1. The molecule has 1 N–H and O–H groups in total. The summed E-state index contributed by atoms with van der Waals surface area (Å²) in [5.41, 5.74) is 3.85. The van der Waals surface area contributed by atoms with Crippen LogP contribution in [0.4, 0.5) is 4.79 Å². The maximum Gasteiger partial charge on any atom is 0.408 e. The molecule has 1 amide bonds. The van der Waals surface area contributed by atoms with Gasteiger partial charge in [0.1, 0.15) is 12.6 Å². The Hall–Kier alpha value is -3.15. The van der Waals surface area contributed by atoms with Crippen LogP contribution < -0.4 is 5.32 Å². The lowest BCUT2D eigenvalue weighted by molar-refractivity contribution is -0.146. The lowest BCUT2D eigenvalue weighted by Crippen LogP contribution is -2.45. The average molecular weight is 409 g/mol. The number of esters is 1. The number of ketones is 1. The highest BCUT2D eigenvalue weighted by Crippen LogP contribution is 2.23. The lowest BCUT2D eigenvalue weighted by Gasteiger charge is -2.20. The predicted octanol–water partition coefficient (Wildman–Crippen LogP) is 3.85. The van der Waals surface area contributed by atoms with E-state index >= 15 is 0 Å². The molecule has 0 aliphatic heterocycles. The van der Waals surface area contributed by atoms with Crippen LogP contribution in [-0.4, -0.2) is 30.5 Å². The van der Waals surface area contributed by atoms with Gasteiger partial charge < -0.3 is 14.8 Å². The summed E-state index contributed by atoms with van der Waals surface area (Å²) in [7, 11) is 0. The molecule has 3 rings (SSSR count). The number of Topliss-reactive ketones (excluding diaryl/α,β-unsaturated/α-hetero) is 1. The van der Waals surface area contributed by atoms with Gasteiger partial charge in [0.2, 0.25) is 0 Å². The monoisotopic (exact) mass is 409 g/mol. The molecule has 0 unspecified atom stereocenters. The smallest absolute Gasteiger partial charge is 0.408 e. The summed E-state index contributed by atoms with van der Waals surface area (Å²) in [6, 6.07) is 14.0. The van der Waals surface area contributed by atoms with Gasteiger partial charge in [-0.2, -0.15) is 0 Å². The molecule has 2 aromatic rings. The number of rotatable bonds is 8. The van der Waals surface area contributed by atoms with Crippen molar-refractivity contribution in [3.8, 4) is 0 Å². The lowest BCUT2D eigenvalue weighted by atomic mass is 10.0. The molecule has 6 heteroatoms. The summed E-state index contributed by atoms with van der Waals surface area (Å²) in [6.45, 7) is 3.31. The molecular formula is C24H27NO5. The molecule has 1 atom stereocenters. The first kappa shape index (κ1) is 21.6. The van der Waals surface area contributed by atoms with Crippen molar-refractivity contribution in [2.45, 2.75) is 45.8 Å². The summed E-state index contributed by atoms with van der Waals surface area (Å²) >= 11 is 0.